The number of hydrogen-bond donors (Lipinski definition) is 1. The minimum atomic E-state index is -0.336. The highest BCUT2D eigenvalue weighted by molar-refractivity contribution is 7.12. The zero-order chi connectivity index (χ0) is 13.7. The molecule has 0 unspecified atom stereocenters. The fourth-order valence-corrected chi connectivity index (χ4v) is 3.11. The minimum absolute atomic E-state index is 0.306. The molecule has 0 fully saturated rings. The van der Waals surface area contributed by atoms with Crippen molar-refractivity contribution in [3.63, 3.8) is 0 Å². The number of benzene rings is 1. The van der Waals surface area contributed by atoms with E-state index < -0.39 is 0 Å². The average molecular weight is 283 g/mol. The van der Waals surface area contributed by atoms with Crippen molar-refractivity contribution in [2.75, 3.05) is 0 Å². The Morgan fingerprint density at radius 1 is 1.00 bits per heavy atom. The van der Waals surface area contributed by atoms with Crippen LogP contribution in [-0.4, -0.2) is 14.1 Å². The van der Waals surface area contributed by atoms with Crippen molar-refractivity contribution < 1.29 is 0 Å². The van der Waals surface area contributed by atoms with Crippen LogP contribution in [0.2, 0.25) is 0 Å². The number of aromatic nitrogens is 3. The zero-order valence-corrected chi connectivity index (χ0v) is 11.1. The van der Waals surface area contributed by atoms with Crippen molar-refractivity contribution in [2.45, 2.75) is 0 Å². The number of para-hydroxylation sites is 2. The van der Waals surface area contributed by atoms with E-state index in [9.17, 15) is 9.59 Å². The molecule has 20 heavy (non-hydrogen) atoms. The number of H-pyrrole nitrogens is 1. The summed E-state index contributed by atoms with van der Waals surface area (Å²) in [6.07, 6.45) is 1.58. The molecule has 0 spiro atoms. The van der Waals surface area contributed by atoms with Crippen LogP contribution in [-0.2, 0) is 0 Å². The summed E-state index contributed by atoms with van der Waals surface area (Å²) in [4.78, 5) is 28.1. The van der Waals surface area contributed by atoms with E-state index in [-0.39, 0.29) is 11.2 Å². The molecule has 3 heterocycles. The molecular weight excluding hydrogens is 274 g/mol. The van der Waals surface area contributed by atoms with E-state index in [0.29, 0.717) is 16.2 Å². The third-order valence-electron chi connectivity index (χ3n) is 3.28. The Morgan fingerprint density at radius 2 is 1.85 bits per heavy atom. The van der Waals surface area contributed by atoms with Gasteiger partial charge in [-0.25, -0.2) is 9.36 Å². The van der Waals surface area contributed by atoms with Gasteiger partial charge in [-0.05, 0) is 29.6 Å². The first-order valence-electron chi connectivity index (χ1n) is 6.05. The van der Waals surface area contributed by atoms with Gasteiger partial charge >= 0.3 is 5.69 Å². The Bertz CT molecular complexity index is 991. The number of aromatic amines is 1. The van der Waals surface area contributed by atoms with Crippen LogP contribution in [0.4, 0.5) is 0 Å². The number of nitrogens with zero attached hydrogens (tertiary/aromatic N) is 2. The highest BCUT2D eigenvalue weighted by Gasteiger charge is 2.20. The van der Waals surface area contributed by atoms with Gasteiger partial charge in [-0.15, -0.1) is 11.3 Å². The smallest absolute Gasteiger partial charge is 0.341 e. The first-order valence-corrected chi connectivity index (χ1v) is 6.93. The van der Waals surface area contributed by atoms with E-state index in [2.05, 4.69) is 4.98 Å². The average Bonchev–Trinajstić information content (AvgIpc) is 3.07. The Morgan fingerprint density at radius 3 is 2.65 bits per heavy atom. The van der Waals surface area contributed by atoms with E-state index in [1.165, 1.54) is 20.5 Å². The second-order valence-corrected chi connectivity index (χ2v) is 5.33. The molecule has 0 radical (unpaired) electrons. The van der Waals surface area contributed by atoms with Crippen LogP contribution in [0.1, 0.15) is 0 Å². The normalized spacial score (nSPS) is 11.4. The fourth-order valence-electron chi connectivity index (χ4n) is 2.39. The lowest BCUT2D eigenvalue weighted by atomic mass is 10.3. The quantitative estimate of drug-likeness (QED) is 0.580. The van der Waals surface area contributed by atoms with E-state index >= 15 is 0 Å². The van der Waals surface area contributed by atoms with Gasteiger partial charge in [-0.1, -0.05) is 12.1 Å². The SMILES string of the molecule is O=c1c2c[nH]c3ccccc3n-2c(=O)n1-c1cccs1. The lowest BCUT2D eigenvalue weighted by Gasteiger charge is -2.05. The summed E-state index contributed by atoms with van der Waals surface area (Å²) < 4.78 is 2.66. The summed E-state index contributed by atoms with van der Waals surface area (Å²) in [5.74, 6) is 0. The molecule has 0 aliphatic carbocycles. The van der Waals surface area contributed by atoms with Crippen LogP contribution < -0.4 is 11.2 Å². The van der Waals surface area contributed by atoms with E-state index in [1.807, 2.05) is 35.7 Å². The van der Waals surface area contributed by atoms with Crippen LogP contribution in [0.5, 0.6) is 0 Å². The van der Waals surface area contributed by atoms with Gasteiger partial charge in [0.15, 0.2) is 0 Å². The highest BCUT2D eigenvalue weighted by atomic mass is 32.1. The first kappa shape index (κ1) is 11.2. The summed E-state index contributed by atoms with van der Waals surface area (Å²) in [6, 6.07) is 11.0. The van der Waals surface area contributed by atoms with Crippen molar-refractivity contribution in [1.82, 2.24) is 14.1 Å². The molecule has 2 aliphatic heterocycles. The van der Waals surface area contributed by atoms with Crippen molar-refractivity contribution in [1.29, 1.82) is 0 Å². The fraction of sp³-hybridized carbons (Fsp3) is 0. The van der Waals surface area contributed by atoms with Gasteiger partial charge in [-0.3, -0.25) is 9.36 Å². The number of rotatable bonds is 1. The van der Waals surface area contributed by atoms with Gasteiger partial charge in [0.2, 0.25) is 0 Å². The van der Waals surface area contributed by atoms with Crippen LogP contribution in [0.15, 0.2) is 57.6 Å². The molecule has 0 bridgehead atoms. The molecule has 0 atom stereocenters. The molecule has 2 aromatic rings. The molecule has 1 aromatic carbocycles. The van der Waals surface area contributed by atoms with Gasteiger partial charge in [0.25, 0.3) is 5.56 Å². The number of nitrogens with one attached hydrogen (secondary N) is 1. The minimum Gasteiger partial charge on any atom is -0.358 e. The Kier molecular flexibility index (Phi) is 2.22. The summed E-state index contributed by atoms with van der Waals surface area (Å²) in [7, 11) is 0. The number of hydrogen-bond acceptors (Lipinski definition) is 3. The van der Waals surface area contributed by atoms with Crippen molar-refractivity contribution >= 4 is 22.4 Å². The third-order valence-corrected chi connectivity index (χ3v) is 4.13. The second-order valence-electron chi connectivity index (χ2n) is 4.40. The second kappa shape index (κ2) is 3.94. The lowest BCUT2D eigenvalue weighted by molar-refractivity contribution is 0.935. The molecular formula is C14H9N3O2S. The van der Waals surface area contributed by atoms with Crippen molar-refractivity contribution in [3.05, 3.63) is 68.8 Å². The van der Waals surface area contributed by atoms with E-state index in [1.54, 1.807) is 12.3 Å². The molecule has 4 rings (SSSR count). The molecule has 1 N–H and O–H groups in total. The topological polar surface area (TPSA) is 59.8 Å². The maximum Gasteiger partial charge on any atom is 0.341 e. The van der Waals surface area contributed by atoms with Gasteiger partial charge in [0.05, 0.1) is 11.0 Å². The van der Waals surface area contributed by atoms with Crippen LogP contribution in [0.3, 0.4) is 0 Å². The van der Waals surface area contributed by atoms with Gasteiger partial charge in [0.1, 0.15) is 10.7 Å². The predicted molar refractivity (Wildman–Crippen MR) is 78.6 cm³/mol. The van der Waals surface area contributed by atoms with Crippen LogP contribution in [0.25, 0.3) is 21.7 Å². The van der Waals surface area contributed by atoms with Crippen molar-refractivity contribution in [2.24, 2.45) is 0 Å². The molecule has 0 saturated heterocycles. The van der Waals surface area contributed by atoms with Crippen molar-refractivity contribution in [3.8, 4) is 10.7 Å². The predicted octanol–water partition coefficient (Wildman–Crippen LogP) is 1.97. The molecule has 0 saturated carbocycles. The highest BCUT2D eigenvalue weighted by Crippen LogP contribution is 2.17. The summed E-state index contributed by atoms with van der Waals surface area (Å²) in [6.45, 7) is 0. The standard InChI is InChI=1S/C14H9N3O2S/c18-13-11-8-15-9-4-1-2-5-10(9)16(11)14(19)17(13)12-6-3-7-20-12/h1-8,15H. The van der Waals surface area contributed by atoms with Gasteiger partial charge in [-0.2, -0.15) is 0 Å². The monoisotopic (exact) mass is 283 g/mol. The third kappa shape index (κ3) is 1.36. The molecule has 5 nitrogen and oxygen atoms in total. The number of imidazole rings is 1. The van der Waals surface area contributed by atoms with E-state index in [0.717, 1.165) is 5.52 Å². The van der Waals surface area contributed by atoms with Gasteiger partial charge < -0.3 is 4.98 Å². The maximum absolute atomic E-state index is 12.6. The molecule has 98 valence electrons. The number of thiophene rings is 1. The molecule has 2 aliphatic rings. The molecule has 6 heteroatoms. The van der Waals surface area contributed by atoms with Crippen LogP contribution >= 0.6 is 11.3 Å². The summed E-state index contributed by atoms with van der Waals surface area (Å²) in [5.41, 5.74) is 1.21. The van der Waals surface area contributed by atoms with E-state index in [4.69, 9.17) is 0 Å². The lowest BCUT2D eigenvalue weighted by Crippen LogP contribution is -2.24. The Hall–Kier alpha value is -2.60. The molecule has 1 aromatic heterocycles. The summed E-state index contributed by atoms with van der Waals surface area (Å²) in [5, 5.41) is 2.47. The first-order chi connectivity index (χ1) is 9.77. The Labute approximate surface area is 116 Å². The molecule has 0 amide bonds. The Balaban J connectivity index is 2.24. The summed E-state index contributed by atoms with van der Waals surface area (Å²) >= 11 is 1.36. The number of fused-ring (bicyclic) bond motifs is 3. The maximum atomic E-state index is 12.6. The zero-order valence-electron chi connectivity index (χ0n) is 10.2. The van der Waals surface area contributed by atoms with Crippen LogP contribution in [0, 0.1) is 0 Å². The van der Waals surface area contributed by atoms with Gasteiger partial charge in [0, 0.05) is 6.20 Å². The largest absolute Gasteiger partial charge is 0.358 e.